The van der Waals surface area contributed by atoms with E-state index in [4.69, 9.17) is 10.5 Å². The van der Waals surface area contributed by atoms with Gasteiger partial charge in [0.1, 0.15) is 6.61 Å². The summed E-state index contributed by atoms with van der Waals surface area (Å²) in [6.07, 6.45) is 0. The van der Waals surface area contributed by atoms with Crippen LogP contribution in [0.3, 0.4) is 0 Å². The van der Waals surface area contributed by atoms with E-state index in [1.165, 1.54) is 0 Å². The molecule has 0 aliphatic heterocycles. The summed E-state index contributed by atoms with van der Waals surface area (Å²) in [5.41, 5.74) is 7.93. The van der Waals surface area contributed by atoms with Gasteiger partial charge in [0.05, 0.1) is 5.56 Å². The maximum atomic E-state index is 11.9. The fourth-order valence-corrected chi connectivity index (χ4v) is 1.90. The second kappa shape index (κ2) is 6.50. The Morgan fingerprint density at radius 3 is 2.53 bits per heavy atom. The van der Waals surface area contributed by atoms with Gasteiger partial charge in [-0.05, 0) is 35.4 Å². The van der Waals surface area contributed by atoms with E-state index in [9.17, 15) is 4.79 Å². The monoisotopic (exact) mass is 319 g/mol. The first-order valence-corrected chi connectivity index (χ1v) is 6.69. The average Bonchev–Trinajstić information content (AvgIpc) is 2.46. The fourth-order valence-electron chi connectivity index (χ4n) is 1.64. The Morgan fingerprint density at radius 1 is 1.11 bits per heavy atom. The van der Waals surface area contributed by atoms with Crippen LogP contribution in [0, 0.1) is 0 Å². The number of ether oxygens (including phenoxy) is 1. The van der Waals surface area contributed by atoms with Gasteiger partial charge in [-0.3, -0.25) is 0 Å². The van der Waals surface area contributed by atoms with Crippen LogP contribution in [-0.2, 0) is 17.9 Å². The lowest BCUT2D eigenvalue weighted by Gasteiger charge is -2.06. The predicted molar refractivity (Wildman–Crippen MR) is 77.6 cm³/mol. The maximum absolute atomic E-state index is 11.9. The van der Waals surface area contributed by atoms with Crippen molar-refractivity contribution in [3.8, 4) is 0 Å². The van der Waals surface area contributed by atoms with Gasteiger partial charge in [0.25, 0.3) is 0 Å². The largest absolute Gasteiger partial charge is 0.457 e. The Hall–Kier alpha value is -1.65. The van der Waals surface area contributed by atoms with E-state index >= 15 is 0 Å². The molecule has 0 spiro atoms. The van der Waals surface area contributed by atoms with Crippen LogP contribution < -0.4 is 5.73 Å². The quantitative estimate of drug-likeness (QED) is 0.880. The number of hydrogen-bond donors (Lipinski definition) is 1. The molecular formula is C15H14BrNO2. The predicted octanol–water partition coefficient (Wildman–Crippen LogP) is 3.26. The molecule has 0 radical (unpaired) electrons. The molecule has 2 aromatic carbocycles. The summed E-state index contributed by atoms with van der Waals surface area (Å²) < 4.78 is 6.26. The minimum atomic E-state index is -0.335. The molecule has 0 unspecified atom stereocenters. The minimum absolute atomic E-state index is 0.263. The van der Waals surface area contributed by atoms with E-state index in [-0.39, 0.29) is 12.6 Å². The van der Waals surface area contributed by atoms with E-state index in [0.717, 1.165) is 15.6 Å². The van der Waals surface area contributed by atoms with Crippen molar-refractivity contribution in [3.63, 3.8) is 0 Å². The summed E-state index contributed by atoms with van der Waals surface area (Å²) in [5.74, 6) is -0.335. The van der Waals surface area contributed by atoms with Gasteiger partial charge < -0.3 is 10.5 Å². The number of carbonyl (C=O) groups is 1. The highest BCUT2D eigenvalue weighted by Gasteiger charge is 2.07. The number of carbonyl (C=O) groups excluding carboxylic acids is 1. The third-order valence-electron chi connectivity index (χ3n) is 2.68. The van der Waals surface area contributed by atoms with Gasteiger partial charge in [0.2, 0.25) is 0 Å². The van der Waals surface area contributed by atoms with Gasteiger partial charge in [-0.25, -0.2) is 4.79 Å². The third-order valence-corrected chi connectivity index (χ3v) is 3.21. The zero-order valence-corrected chi connectivity index (χ0v) is 11.9. The highest BCUT2D eigenvalue weighted by atomic mass is 79.9. The lowest BCUT2D eigenvalue weighted by atomic mass is 10.1. The zero-order chi connectivity index (χ0) is 13.7. The molecule has 19 heavy (non-hydrogen) atoms. The van der Waals surface area contributed by atoms with Gasteiger partial charge in [0, 0.05) is 11.0 Å². The molecule has 0 aliphatic carbocycles. The first kappa shape index (κ1) is 13.8. The van der Waals surface area contributed by atoms with Crippen molar-refractivity contribution in [1.82, 2.24) is 0 Å². The Morgan fingerprint density at radius 2 is 1.84 bits per heavy atom. The molecule has 0 aromatic heterocycles. The molecule has 0 amide bonds. The van der Waals surface area contributed by atoms with Crippen LogP contribution in [0.15, 0.2) is 53.0 Å². The second-order valence-corrected chi connectivity index (χ2v) is 5.02. The van der Waals surface area contributed by atoms with Crippen molar-refractivity contribution in [3.05, 3.63) is 69.7 Å². The Bertz CT molecular complexity index is 567. The summed E-state index contributed by atoms with van der Waals surface area (Å²) >= 11 is 3.36. The van der Waals surface area contributed by atoms with Crippen LogP contribution in [-0.4, -0.2) is 5.97 Å². The van der Waals surface area contributed by atoms with Crippen LogP contribution in [0.4, 0.5) is 0 Å². The van der Waals surface area contributed by atoms with E-state index in [1.807, 2.05) is 30.3 Å². The molecule has 2 aromatic rings. The molecule has 0 bridgehead atoms. The van der Waals surface area contributed by atoms with E-state index in [2.05, 4.69) is 15.9 Å². The van der Waals surface area contributed by atoms with Crippen LogP contribution in [0.5, 0.6) is 0 Å². The lowest BCUT2D eigenvalue weighted by Crippen LogP contribution is -2.06. The summed E-state index contributed by atoms with van der Waals surface area (Å²) in [7, 11) is 0. The van der Waals surface area contributed by atoms with E-state index in [0.29, 0.717) is 12.1 Å². The number of benzene rings is 2. The topological polar surface area (TPSA) is 52.3 Å². The fraction of sp³-hybridized carbons (Fsp3) is 0.133. The Balaban J connectivity index is 1.99. The average molecular weight is 320 g/mol. The van der Waals surface area contributed by atoms with Crippen LogP contribution in [0.1, 0.15) is 21.5 Å². The van der Waals surface area contributed by atoms with Crippen molar-refractivity contribution in [1.29, 1.82) is 0 Å². The molecule has 3 nitrogen and oxygen atoms in total. The number of hydrogen-bond acceptors (Lipinski definition) is 3. The Kier molecular flexibility index (Phi) is 4.71. The molecule has 2 rings (SSSR count). The number of halogens is 1. The normalized spacial score (nSPS) is 10.2. The lowest BCUT2D eigenvalue weighted by molar-refractivity contribution is 0.0472. The van der Waals surface area contributed by atoms with Crippen LogP contribution in [0.2, 0.25) is 0 Å². The van der Waals surface area contributed by atoms with E-state index in [1.54, 1.807) is 18.2 Å². The van der Waals surface area contributed by atoms with Crippen molar-refractivity contribution >= 4 is 21.9 Å². The zero-order valence-electron chi connectivity index (χ0n) is 10.3. The molecule has 0 aliphatic rings. The second-order valence-electron chi connectivity index (χ2n) is 4.11. The van der Waals surface area contributed by atoms with Crippen molar-refractivity contribution < 1.29 is 9.53 Å². The number of rotatable bonds is 4. The molecule has 98 valence electrons. The van der Waals surface area contributed by atoms with Gasteiger partial charge in [0.15, 0.2) is 0 Å². The number of esters is 1. The minimum Gasteiger partial charge on any atom is -0.457 e. The summed E-state index contributed by atoms with van der Waals surface area (Å²) in [6.45, 7) is 0.673. The molecule has 0 atom stereocenters. The Labute approximate surface area is 120 Å². The van der Waals surface area contributed by atoms with Gasteiger partial charge in [-0.15, -0.1) is 0 Å². The maximum Gasteiger partial charge on any atom is 0.338 e. The molecule has 4 heteroatoms. The SMILES string of the molecule is NCc1cccc(C(=O)OCc2ccc(Br)cc2)c1. The molecule has 0 fully saturated rings. The van der Waals surface area contributed by atoms with Crippen molar-refractivity contribution in [2.45, 2.75) is 13.2 Å². The van der Waals surface area contributed by atoms with Crippen LogP contribution >= 0.6 is 15.9 Å². The highest BCUT2D eigenvalue weighted by molar-refractivity contribution is 9.10. The molecular weight excluding hydrogens is 306 g/mol. The molecule has 2 N–H and O–H groups in total. The van der Waals surface area contributed by atoms with Gasteiger partial charge in [-0.1, -0.05) is 40.2 Å². The van der Waals surface area contributed by atoms with E-state index < -0.39 is 0 Å². The van der Waals surface area contributed by atoms with Gasteiger partial charge >= 0.3 is 5.97 Å². The standard InChI is InChI=1S/C15H14BrNO2/c16-14-6-4-11(5-7-14)10-19-15(18)13-3-1-2-12(8-13)9-17/h1-8H,9-10,17H2. The van der Waals surface area contributed by atoms with Crippen molar-refractivity contribution in [2.75, 3.05) is 0 Å². The van der Waals surface area contributed by atoms with Gasteiger partial charge in [-0.2, -0.15) is 0 Å². The smallest absolute Gasteiger partial charge is 0.338 e. The summed E-state index contributed by atoms with van der Waals surface area (Å²) in [4.78, 5) is 11.9. The van der Waals surface area contributed by atoms with Crippen molar-refractivity contribution in [2.24, 2.45) is 5.73 Å². The summed E-state index contributed by atoms with van der Waals surface area (Å²) in [5, 5.41) is 0. The summed E-state index contributed by atoms with van der Waals surface area (Å²) in [6, 6.07) is 14.8. The first-order valence-electron chi connectivity index (χ1n) is 5.89. The first-order chi connectivity index (χ1) is 9.19. The van der Waals surface area contributed by atoms with Crippen LogP contribution in [0.25, 0.3) is 0 Å². The number of nitrogens with two attached hydrogens (primary N) is 1. The molecule has 0 saturated heterocycles. The third kappa shape index (κ3) is 3.91. The molecule has 0 saturated carbocycles. The highest BCUT2D eigenvalue weighted by Crippen LogP contribution is 2.12. The molecule has 0 heterocycles.